The number of unbranched alkanes of at least 4 members (excludes halogenated alkanes) is 34. The second kappa shape index (κ2) is 49.0. The van der Waals surface area contributed by atoms with Gasteiger partial charge >= 0.3 is 0 Å². The van der Waals surface area contributed by atoms with Crippen molar-refractivity contribution in [3.8, 4) is 0 Å². The van der Waals surface area contributed by atoms with Crippen LogP contribution < -0.4 is 5.32 Å². The Bertz CT molecular complexity index is 1640. The highest BCUT2D eigenvalue weighted by atomic mass is 16.8. The van der Waals surface area contributed by atoms with Gasteiger partial charge in [-0.15, -0.1) is 0 Å². The number of hydrogen-bond donors (Lipinski definition) is 12. The fourth-order valence-corrected chi connectivity index (χ4v) is 11.7. The van der Waals surface area contributed by atoms with Crippen LogP contribution in [0, 0.1) is 0 Å². The van der Waals surface area contributed by atoms with E-state index in [1.165, 1.54) is 180 Å². The highest BCUT2D eigenvalue weighted by Gasteiger charge is 2.53. The molecule has 0 aromatic rings. The zero-order valence-electron chi connectivity index (χ0n) is 52.6. The number of amides is 1. The van der Waals surface area contributed by atoms with Gasteiger partial charge in [0.05, 0.1) is 38.6 Å². The van der Waals surface area contributed by atoms with Crippen molar-refractivity contribution in [2.45, 2.75) is 362 Å². The number of carbonyl (C=O) groups is 1. The predicted octanol–water partition coefficient (Wildman–Crippen LogP) is 8.27. The van der Waals surface area contributed by atoms with Crippen molar-refractivity contribution in [2.75, 3.05) is 26.4 Å². The molecule has 3 saturated heterocycles. The average Bonchev–Trinajstić information content (AvgIpc) is 3.10. The maximum atomic E-state index is 13.4. The molecule has 0 aromatic carbocycles. The molecule has 0 saturated carbocycles. The first-order chi connectivity index (χ1) is 41.3. The zero-order chi connectivity index (χ0) is 61.9. The summed E-state index contributed by atoms with van der Waals surface area (Å²) in [5.41, 5.74) is 0. The number of hydrogen-bond acceptors (Lipinski definition) is 18. The van der Waals surface area contributed by atoms with E-state index < -0.39 is 124 Å². The molecule has 85 heavy (non-hydrogen) atoms. The van der Waals surface area contributed by atoms with Crippen molar-refractivity contribution in [2.24, 2.45) is 0 Å². The standard InChI is InChI=1S/C66H123NO18/c1-3-5-7-9-11-13-15-17-19-21-23-24-26-27-29-31-33-35-37-39-41-43-50(71)49(67-54(72)44-42-40-38-36-34-32-30-28-25-22-20-18-16-14-12-10-8-6-4-2)48-80-64-60(78)57(75)62(52(46-69)82-64)85-66-61(79)58(76)63(53(47-70)83-66)84-65-59(77)56(74)55(73)51(45-68)81-65/h18,20,41,43,49-53,55-66,68-71,73-79H,3-17,19,21-40,42,44-48H2,1-2H3,(H,67,72)/b20-18-,43-41+. The van der Waals surface area contributed by atoms with Crippen molar-refractivity contribution in [3.63, 3.8) is 0 Å². The summed E-state index contributed by atoms with van der Waals surface area (Å²) in [6.45, 7) is 1.75. The summed E-state index contributed by atoms with van der Waals surface area (Å²) >= 11 is 0. The minimum Gasteiger partial charge on any atom is -0.394 e. The van der Waals surface area contributed by atoms with Crippen molar-refractivity contribution >= 4 is 5.91 Å². The quantitative estimate of drug-likeness (QED) is 0.0201. The fourth-order valence-electron chi connectivity index (χ4n) is 11.7. The average molecular weight is 1220 g/mol. The maximum Gasteiger partial charge on any atom is 0.220 e. The Labute approximate surface area is 511 Å². The number of aliphatic hydroxyl groups is 11. The molecule has 3 heterocycles. The van der Waals surface area contributed by atoms with Gasteiger partial charge < -0.3 is 89.9 Å². The molecule has 3 aliphatic heterocycles. The van der Waals surface area contributed by atoms with E-state index in [0.717, 1.165) is 51.4 Å². The molecule has 1 amide bonds. The summed E-state index contributed by atoms with van der Waals surface area (Å²) in [4.78, 5) is 13.4. The third-order valence-electron chi connectivity index (χ3n) is 17.2. The van der Waals surface area contributed by atoms with Crippen molar-refractivity contribution < 1.29 is 89.4 Å². The summed E-state index contributed by atoms with van der Waals surface area (Å²) in [6, 6.07) is -0.972. The minimum atomic E-state index is -1.98. The molecule has 17 atom stereocenters. The lowest BCUT2D eigenvalue weighted by molar-refractivity contribution is -0.379. The predicted molar refractivity (Wildman–Crippen MR) is 328 cm³/mol. The second-order valence-corrected chi connectivity index (χ2v) is 24.6. The van der Waals surface area contributed by atoms with E-state index in [9.17, 15) is 61.0 Å². The van der Waals surface area contributed by atoms with E-state index in [4.69, 9.17) is 28.4 Å². The first-order valence-electron chi connectivity index (χ1n) is 34.1. The molecule has 0 aromatic heterocycles. The number of carbonyl (C=O) groups excluding carboxylic acids is 1. The smallest absolute Gasteiger partial charge is 0.220 e. The molecule has 3 rings (SSSR count). The third-order valence-corrected chi connectivity index (χ3v) is 17.2. The number of nitrogens with one attached hydrogen (secondary N) is 1. The van der Waals surface area contributed by atoms with Gasteiger partial charge in [-0.2, -0.15) is 0 Å². The SMILES string of the molecule is CCCCCCCC/C=C\CCCCCCCCCCCC(=O)NC(COC1OC(CO)C(OC2OC(CO)C(OC3OC(CO)C(O)C(O)C3O)C(O)C2O)C(O)C1O)C(O)/C=C/CCCCCCCCCCCCCCCCCCCCC. The van der Waals surface area contributed by atoms with E-state index in [1.807, 2.05) is 6.08 Å². The number of rotatable bonds is 52. The summed E-state index contributed by atoms with van der Waals surface area (Å²) in [6.07, 6.45) is 27.2. The Morgan fingerprint density at radius 3 is 1.14 bits per heavy atom. The Kier molecular flexibility index (Phi) is 44.7. The Morgan fingerprint density at radius 2 is 0.741 bits per heavy atom. The number of aliphatic hydroxyl groups excluding tert-OH is 11. The van der Waals surface area contributed by atoms with Crippen LogP contribution in [0.2, 0.25) is 0 Å². The van der Waals surface area contributed by atoms with Crippen LogP contribution in [0.5, 0.6) is 0 Å². The van der Waals surface area contributed by atoms with Gasteiger partial charge in [0.15, 0.2) is 18.9 Å². The second-order valence-electron chi connectivity index (χ2n) is 24.6. The number of allylic oxidation sites excluding steroid dienone is 3. The van der Waals surface area contributed by atoms with Gasteiger partial charge in [0, 0.05) is 6.42 Å². The van der Waals surface area contributed by atoms with Crippen LogP contribution in [-0.2, 0) is 33.2 Å². The van der Waals surface area contributed by atoms with Crippen LogP contribution in [0.4, 0.5) is 0 Å². The Morgan fingerprint density at radius 1 is 0.412 bits per heavy atom. The fraction of sp³-hybridized carbons (Fsp3) is 0.924. The van der Waals surface area contributed by atoms with Gasteiger partial charge in [0.2, 0.25) is 5.91 Å². The molecule has 0 aliphatic carbocycles. The third kappa shape index (κ3) is 31.7. The van der Waals surface area contributed by atoms with E-state index >= 15 is 0 Å². The Hall–Kier alpha value is -1.73. The topological polar surface area (TPSA) is 307 Å². The molecule has 19 nitrogen and oxygen atoms in total. The Balaban J connectivity index is 1.46. The molecule has 0 spiro atoms. The molecule has 3 fully saturated rings. The van der Waals surface area contributed by atoms with Crippen molar-refractivity contribution in [3.05, 3.63) is 24.3 Å². The normalized spacial score (nSPS) is 29.1. The van der Waals surface area contributed by atoms with Crippen LogP contribution in [0.15, 0.2) is 24.3 Å². The highest BCUT2D eigenvalue weighted by Crippen LogP contribution is 2.33. The summed E-state index contributed by atoms with van der Waals surface area (Å²) in [5, 5.41) is 120. The number of ether oxygens (including phenoxy) is 6. The minimum absolute atomic E-state index is 0.243. The van der Waals surface area contributed by atoms with E-state index in [2.05, 4.69) is 31.3 Å². The lowest BCUT2D eigenvalue weighted by atomic mass is 9.96. The van der Waals surface area contributed by atoms with Gasteiger partial charge in [-0.3, -0.25) is 4.79 Å². The van der Waals surface area contributed by atoms with Crippen LogP contribution in [0.3, 0.4) is 0 Å². The first kappa shape index (κ1) is 77.5. The molecule has 12 N–H and O–H groups in total. The molecular formula is C66H123NO18. The van der Waals surface area contributed by atoms with Crippen LogP contribution in [-0.4, -0.2) is 193 Å². The van der Waals surface area contributed by atoms with Gasteiger partial charge in [-0.25, -0.2) is 0 Å². The molecular weight excluding hydrogens is 1090 g/mol. The lowest BCUT2D eigenvalue weighted by Gasteiger charge is -2.48. The first-order valence-corrected chi connectivity index (χ1v) is 34.1. The lowest BCUT2D eigenvalue weighted by Crippen LogP contribution is -2.66. The molecule has 3 aliphatic rings. The molecule has 500 valence electrons. The zero-order valence-corrected chi connectivity index (χ0v) is 52.6. The van der Waals surface area contributed by atoms with Crippen LogP contribution in [0.25, 0.3) is 0 Å². The summed E-state index contributed by atoms with van der Waals surface area (Å²) in [7, 11) is 0. The molecule has 0 radical (unpaired) electrons. The molecule has 0 bridgehead atoms. The molecule has 17 unspecified atom stereocenters. The maximum absolute atomic E-state index is 13.4. The monoisotopic (exact) mass is 1220 g/mol. The van der Waals surface area contributed by atoms with Crippen LogP contribution in [0.1, 0.15) is 258 Å². The van der Waals surface area contributed by atoms with E-state index in [1.54, 1.807) is 6.08 Å². The highest BCUT2D eigenvalue weighted by molar-refractivity contribution is 5.76. The van der Waals surface area contributed by atoms with E-state index in [0.29, 0.717) is 6.42 Å². The van der Waals surface area contributed by atoms with Crippen LogP contribution >= 0.6 is 0 Å². The van der Waals surface area contributed by atoms with Crippen molar-refractivity contribution in [1.82, 2.24) is 5.32 Å². The van der Waals surface area contributed by atoms with Crippen molar-refractivity contribution in [1.29, 1.82) is 0 Å². The molecule has 19 heteroatoms. The summed E-state index contributed by atoms with van der Waals surface area (Å²) < 4.78 is 34.3. The largest absolute Gasteiger partial charge is 0.394 e. The van der Waals surface area contributed by atoms with Gasteiger partial charge in [0.25, 0.3) is 0 Å². The van der Waals surface area contributed by atoms with Gasteiger partial charge in [-0.1, -0.05) is 231 Å². The summed E-state index contributed by atoms with van der Waals surface area (Å²) in [5.74, 6) is -0.275. The van der Waals surface area contributed by atoms with E-state index in [-0.39, 0.29) is 18.9 Å². The van der Waals surface area contributed by atoms with Gasteiger partial charge in [-0.05, 0) is 44.9 Å². The van der Waals surface area contributed by atoms with Gasteiger partial charge in [0.1, 0.15) is 73.2 Å².